The SMILES string of the molecule is O=[N+]([O-])c1ccc(CSC(=S)N2CCCCC2)cc1. The first-order valence-corrected chi connectivity index (χ1v) is 7.71. The van der Waals surface area contributed by atoms with E-state index < -0.39 is 0 Å². The Hall–Kier alpha value is -1.14. The number of nitro benzene ring substituents is 1. The maximum atomic E-state index is 10.6. The van der Waals surface area contributed by atoms with Crippen molar-refractivity contribution in [2.45, 2.75) is 25.0 Å². The average Bonchev–Trinajstić information content (AvgIpc) is 2.46. The minimum Gasteiger partial charge on any atom is -0.358 e. The van der Waals surface area contributed by atoms with Crippen LogP contribution in [0.25, 0.3) is 0 Å². The number of hydrogen-bond donors (Lipinski definition) is 0. The van der Waals surface area contributed by atoms with E-state index in [2.05, 4.69) is 4.90 Å². The Kier molecular flexibility index (Phi) is 5.15. The number of non-ortho nitro benzene ring substituents is 1. The van der Waals surface area contributed by atoms with E-state index in [0.29, 0.717) is 0 Å². The minimum absolute atomic E-state index is 0.132. The molecule has 0 aromatic heterocycles. The molecule has 2 rings (SSSR count). The first kappa shape index (κ1) is 14.3. The average molecular weight is 296 g/mol. The number of piperidine rings is 1. The molecule has 0 aliphatic carbocycles. The van der Waals surface area contributed by atoms with Crippen LogP contribution in [0.15, 0.2) is 24.3 Å². The second-order valence-corrected chi connectivity index (χ2v) is 6.14. The maximum absolute atomic E-state index is 10.6. The van der Waals surface area contributed by atoms with Gasteiger partial charge in [0.1, 0.15) is 4.32 Å². The van der Waals surface area contributed by atoms with Crippen LogP contribution in [0.4, 0.5) is 5.69 Å². The molecule has 1 aliphatic rings. The van der Waals surface area contributed by atoms with Crippen LogP contribution >= 0.6 is 24.0 Å². The third-order valence-corrected chi connectivity index (χ3v) is 4.72. The highest BCUT2D eigenvalue weighted by molar-refractivity contribution is 8.22. The second kappa shape index (κ2) is 6.86. The predicted molar refractivity (Wildman–Crippen MR) is 82.4 cm³/mol. The van der Waals surface area contributed by atoms with Crippen molar-refractivity contribution in [2.24, 2.45) is 0 Å². The molecule has 0 spiro atoms. The molecule has 1 aliphatic heterocycles. The zero-order valence-electron chi connectivity index (χ0n) is 10.6. The van der Waals surface area contributed by atoms with E-state index in [4.69, 9.17) is 12.2 Å². The van der Waals surface area contributed by atoms with Crippen molar-refractivity contribution < 1.29 is 4.92 Å². The van der Waals surface area contributed by atoms with Crippen LogP contribution in [0, 0.1) is 10.1 Å². The van der Waals surface area contributed by atoms with Gasteiger partial charge in [-0.15, -0.1) is 0 Å². The number of thioether (sulfide) groups is 1. The highest BCUT2D eigenvalue weighted by atomic mass is 32.2. The zero-order chi connectivity index (χ0) is 13.7. The third kappa shape index (κ3) is 4.18. The lowest BCUT2D eigenvalue weighted by molar-refractivity contribution is -0.384. The fraction of sp³-hybridized carbons (Fsp3) is 0.462. The number of nitro groups is 1. The van der Waals surface area contributed by atoms with Gasteiger partial charge in [0.25, 0.3) is 5.69 Å². The quantitative estimate of drug-likeness (QED) is 0.484. The van der Waals surface area contributed by atoms with Crippen molar-refractivity contribution in [1.29, 1.82) is 0 Å². The van der Waals surface area contributed by atoms with Gasteiger partial charge in [0.2, 0.25) is 0 Å². The molecule has 102 valence electrons. The zero-order valence-corrected chi connectivity index (χ0v) is 12.2. The summed E-state index contributed by atoms with van der Waals surface area (Å²) in [6.07, 6.45) is 3.74. The van der Waals surface area contributed by atoms with E-state index in [0.717, 1.165) is 28.7 Å². The molecule has 4 nitrogen and oxygen atoms in total. The van der Waals surface area contributed by atoms with Crippen LogP contribution in [-0.4, -0.2) is 27.2 Å². The molecule has 19 heavy (non-hydrogen) atoms. The molecule has 6 heteroatoms. The first-order valence-electron chi connectivity index (χ1n) is 6.32. The largest absolute Gasteiger partial charge is 0.358 e. The molecule has 0 saturated carbocycles. The maximum Gasteiger partial charge on any atom is 0.269 e. The normalized spacial score (nSPS) is 15.3. The van der Waals surface area contributed by atoms with E-state index in [1.807, 2.05) is 0 Å². The minimum atomic E-state index is -0.380. The molecule has 1 aromatic rings. The third-order valence-electron chi connectivity index (χ3n) is 3.12. The second-order valence-electron chi connectivity index (χ2n) is 4.53. The molecule has 1 heterocycles. The van der Waals surface area contributed by atoms with Gasteiger partial charge >= 0.3 is 0 Å². The van der Waals surface area contributed by atoms with E-state index in [1.54, 1.807) is 36.0 Å². The van der Waals surface area contributed by atoms with Gasteiger partial charge < -0.3 is 4.90 Å². The Bertz CT molecular complexity index is 456. The Labute approximate surface area is 122 Å². The van der Waals surface area contributed by atoms with Gasteiger partial charge in [-0.1, -0.05) is 36.1 Å². The molecule has 0 N–H and O–H groups in total. The van der Waals surface area contributed by atoms with E-state index >= 15 is 0 Å². The molecule has 0 amide bonds. The van der Waals surface area contributed by atoms with Crippen LogP contribution < -0.4 is 0 Å². The van der Waals surface area contributed by atoms with Gasteiger partial charge in [-0.05, 0) is 24.8 Å². The lowest BCUT2D eigenvalue weighted by Gasteiger charge is -2.28. The molecule has 1 aromatic carbocycles. The van der Waals surface area contributed by atoms with E-state index in [9.17, 15) is 10.1 Å². The summed E-state index contributed by atoms with van der Waals surface area (Å²) in [6, 6.07) is 6.67. The molecule has 0 bridgehead atoms. The lowest BCUT2D eigenvalue weighted by Crippen LogP contribution is -2.32. The van der Waals surface area contributed by atoms with Gasteiger partial charge in [-0.2, -0.15) is 0 Å². The van der Waals surface area contributed by atoms with E-state index in [-0.39, 0.29) is 10.6 Å². The first-order chi connectivity index (χ1) is 9.16. The topological polar surface area (TPSA) is 46.4 Å². The van der Waals surface area contributed by atoms with Gasteiger partial charge in [0.05, 0.1) is 4.92 Å². The standard InChI is InChI=1S/C13H16N2O2S2/c16-15(17)12-6-4-11(5-7-12)10-19-13(18)14-8-2-1-3-9-14/h4-7H,1-3,8-10H2. The molecule has 0 unspecified atom stereocenters. The summed E-state index contributed by atoms with van der Waals surface area (Å²) in [5.74, 6) is 0.771. The highest BCUT2D eigenvalue weighted by Gasteiger charge is 2.13. The van der Waals surface area contributed by atoms with Crippen molar-refractivity contribution in [3.05, 3.63) is 39.9 Å². The van der Waals surface area contributed by atoms with Crippen molar-refractivity contribution in [3.8, 4) is 0 Å². The Balaban J connectivity index is 1.84. The number of hydrogen-bond acceptors (Lipinski definition) is 4. The summed E-state index contributed by atoms with van der Waals surface area (Å²) in [5, 5.41) is 10.6. The molecule has 0 atom stereocenters. The van der Waals surface area contributed by atoms with Crippen LogP contribution in [0.2, 0.25) is 0 Å². The fourth-order valence-corrected chi connectivity index (χ4v) is 3.23. The number of thiocarbonyl (C=S) groups is 1. The Morgan fingerprint density at radius 1 is 1.26 bits per heavy atom. The summed E-state index contributed by atoms with van der Waals surface area (Å²) in [7, 11) is 0. The summed E-state index contributed by atoms with van der Waals surface area (Å²) < 4.78 is 0.943. The molecule has 1 saturated heterocycles. The smallest absolute Gasteiger partial charge is 0.269 e. The number of likely N-dealkylation sites (tertiary alicyclic amines) is 1. The fourth-order valence-electron chi connectivity index (χ4n) is 2.03. The molecular formula is C13H16N2O2S2. The van der Waals surface area contributed by atoms with Crippen LogP contribution in [-0.2, 0) is 5.75 Å². The van der Waals surface area contributed by atoms with Crippen LogP contribution in [0.5, 0.6) is 0 Å². The van der Waals surface area contributed by atoms with Crippen molar-refractivity contribution in [1.82, 2.24) is 4.90 Å². The summed E-state index contributed by atoms with van der Waals surface area (Å²) >= 11 is 7.06. The number of nitrogens with zero attached hydrogens (tertiary/aromatic N) is 2. The lowest BCUT2D eigenvalue weighted by atomic mass is 10.1. The van der Waals surface area contributed by atoms with Crippen LogP contribution in [0.3, 0.4) is 0 Å². The molecular weight excluding hydrogens is 280 g/mol. The van der Waals surface area contributed by atoms with Gasteiger partial charge in [-0.3, -0.25) is 10.1 Å². The Morgan fingerprint density at radius 3 is 2.47 bits per heavy atom. The van der Waals surface area contributed by atoms with Gasteiger partial charge in [0.15, 0.2) is 0 Å². The van der Waals surface area contributed by atoms with Crippen molar-refractivity contribution in [2.75, 3.05) is 13.1 Å². The number of rotatable bonds is 3. The van der Waals surface area contributed by atoms with Gasteiger partial charge in [-0.25, -0.2) is 0 Å². The van der Waals surface area contributed by atoms with E-state index in [1.165, 1.54) is 19.3 Å². The van der Waals surface area contributed by atoms with Crippen molar-refractivity contribution in [3.63, 3.8) is 0 Å². The molecule has 1 fully saturated rings. The van der Waals surface area contributed by atoms with Crippen molar-refractivity contribution >= 4 is 34.0 Å². The Morgan fingerprint density at radius 2 is 1.89 bits per heavy atom. The van der Waals surface area contributed by atoms with Gasteiger partial charge in [0, 0.05) is 31.0 Å². The summed E-state index contributed by atoms with van der Waals surface area (Å²) in [4.78, 5) is 12.4. The number of benzene rings is 1. The van der Waals surface area contributed by atoms with Crippen LogP contribution in [0.1, 0.15) is 24.8 Å². The highest BCUT2D eigenvalue weighted by Crippen LogP contribution is 2.21. The summed E-state index contributed by atoms with van der Waals surface area (Å²) in [6.45, 7) is 2.12. The predicted octanol–water partition coefficient (Wildman–Crippen LogP) is 3.60. The monoisotopic (exact) mass is 296 g/mol. The summed E-state index contributed by atoms with van der Waals surface area (Å²) in [5.41, 5.74) is 1.20. The molecule has 0 radical (unpaired) electrons.